The molecule has 0 radical (unpaired) electrons. The lowest BCUT2D eigenvalue weighted by Gasteiger charge is -2.15. The minimum atomic E-state index is -3.75. The van der Waals surface area contributed by atoms with Crippen molar-refractivity contribution < 1.29 is 17.9 Å². The molecule has 1 atom stereocenters. The fraction of sp³-hybridized carbons (Fsp3) is 0.174. The van der Waals surface area contributed by atoms with Crippen molar-refractivity contribution in [1.29, 1.82) is 0 Å². The van der Waals surface area contributed by atoms with Crippen LogP contribution >= 0.6 is 11.6 Å². The number of carbonyl (C=O) groups excluding carboxylic acids is 1. The molecular formula is C23H23ClN2O4S. The van der Waals surface area contributed by atoms with E-state index in [1.165, 1.54) is 24.3 Å². The molecule has 3 aromatic rings. The van der Waals surface area contributed by atoms with Crippen LogP contribution in [0.5, 0.6) is 5.75 Å². The number of rotatable bonds is 7. The van der Waals surface area contributed by atoms with Crippen molar-refractivity contribution in [2.24, 2.45) is 0 Å². The summed E-state index contributed by atoms with van der Waals surface area (Å²) in [7, 11) is -3.75. The average molecular weight is 459 g/mol. The Balaban J connectivity index is 1.64. The second-order valence-electron chi connectivity index (χ2n) is 7.14. The zero-order chi connectivity index (χ0) is 22.6. The minimum Gasteiger partial charge on any atom is -0.481 e. The molecule has 1 unspecified atom stereocenters. The molecule has 0 heterocycles. The third-order valence-electron chi connectivity index (χ3n) is 4.67. The van der Waals surface area contributed by atoms with Gasteiger partial charge in [-0.3, -0.25) is 9.52 Å². The van der Waals surface area contributed by atoms with E-state index in [0.29, 0.717) is 22.1 Å². The van der Waals surface area contributed by atoms with Gasteiger partial charge in [-0.25, -0.2) is 8.42 Å². The van der Waals surface area contributed by atoms with Crippen LogP contribution in [-0.4, -0.2) is 20.4 Å². The molecule has 0 aliphatic rings. The molecule has 162 valence electrons. The van der Waals surface area contributed by atoms with Crippen molar-refractivity contribution >= 4 is 38.9 Å². The predicted octanol–water partition coefficient (Wildman–Crippen LogP) is 5.16. The fourth-order valence-corrected chi connectivity index (χ4v) is 4.01. The van der Waals surface area contributed by atoms with Crippen LogP contribution in [0, 0.1) is 13.8 Å². The van der Waals surface area contributed by atoms with Crippen LogP contribution < -0.4 is 14.8 Å². The van der Waals surface area contributed by atoms with Crippen molar-refractivity contribution in [3.05, 3.63) is 82.9 Å². The Morgan fingerprint density at radius 3 is 2.26 bits per heavy atom. The van der Waals surface area contributed by atoms with E-state index >= 15 is 0 Å². The van der Waals surface area contributed by atoms with Crippen molar-refractivity contribution in [1.82, 2.24) is 0 Å². The van der Waals surface area contributed by atoms with Gasteiger partial charge in [0.15, 0.2) is 6.10 Å². The summed E-state index contributed by atoms with van der Waals surface area (Å²) in [5.74, 6) is 0.109. The lowest BCUT2D eigenvalue weighted by molar-refractivity contribution is -0.122. The van der Waals surface area contributed by atoms with Crippen LogP contribution in [0.1, 0.15) is 18.1 Å². The number of ether oxygens (including phenoxy) is 1. The van der Waals surface area contributed by atoms with Crippen LogP contribution in [0.25, 0.3) is 0 Å². The molecule has 2 N–H and O–H groups in total. The number of benzene rings is 3. The number of anilines is 2. The minimum absolute atomic E-state index is 0.0898. The number of halogens is 1. The smallest absolute Gasteiger partial charge is 0.265 e. The monoisotopic (exact) mass is 458 g/mol. The third kappa shape index (κ3) is 5.99. The molecule has 0 aliphatic heterocycles. The molecule has 31 heavy (non-hydrogen) atoms. The van der Waals surface area contributed by atoms with Gasteiger partial charge in [-0.1, -0.05) is 23.7 Å². The molecule has 3 aromatic carbocycles. The van der Waals surface area contributed by atoms with Gasteiger partial charge in [0, 0.05) is 16.4 Å². The van der Waals surface area contributed by atoms with Crippen molar-refractivity contribution in [2.75, 3.05) is 10.0 Å². The first-order chi connectivity index (χ1) is 14.6. The van der Waals surface area contributed by atoms with E-state index in [-0.39, 0.29) is 10.8 Å². The second kappa shape index (κ2) is 9.41. The summed E-state index contributed by atoms with van der Waals surface area (Å²) in [6.45, 7) is 5.49. The number of nitrogens with one attached hydrogen (secondary N) is 2. The number of carbonyl (C=O) groups is 1. The molecule has 0 saturated carbocycles. The lowest BCUT2D eigenvalue weighted by Crippen LogP contribution is -2.30. The fourth-order valence-electron chi connectivity index (χ4n) is 2.78. The average Bonchev–Trinajstić information content (AvgIpc) is 2.71. The summed E-state index contributed by atoms with van der Waals surface area (Å²) in [4.78, 5) is 12.5. The van der Waals surface area contributed by atoms with Gasteiger partial charge in [-0.2, -0.15) is 0 Å². The maximum atomic E-state index is 12.6. The Kier molecular flexibility index (Phi) is 6.87. The molecule has 0 saturated heterocycles. The topological polar surface area (TPSA) is 84.5 Å². The Labute approximate surface area is 187 Å². The van der Waals surface area contributed by atoms with Gasteiger partial charge in [0.25, 0.3) is 15.9 Å². The summed E-state index contributed by atoms with van der Waals surface area (Å²) < 4.78 is 33.4. The van der Waals surface area contributed by atoms with Crippen LogP contribution in [-0.2, 0) is 14.8 Å². The Morgan fingerprint density at radius 1 is 0.935 bits per heavy atom. The summed E-state index contributed by atoms with van der Waals surface area (Å²) in [5, 5.41) is 3.22. The molecule has 0 aromatic heterocycles. The maximum Gasteiger partial charge on any atom is 0.265 e. The first-order valence-corrected chi connectivity index (χ1v) is 11.4. The zero-order valence-corrected chi connectivity index (χ0v) is 18.9. The molecule has 0 fully saturated rings. The summed E-state index contributed by atoms with van der Waals surface area (Å²) in [5.41, 5.74) is 3.02. The maximum absolute atomic E-state index is 12.6. The van der Waals surface area contributed by atoms with Gasteiger partial charge >= 0.3 is 0 Å². The molecule has 0 bridgehead atoms. The number of sulfonamides is 1. The number of hydrogen-bond acceptors (Lipinski definition) is 4. The van der Waals surface area contributed by atoms with Gasteiger partial charge in [0.05, 0.1) is 4.90 Å². The lowest BCUT2D eigenvalue weighted by atomic mass is 10.1. The quantitative estimate of drug-likeness (QED) is 0.512. The summed E-state index contributed by atoms with van der Waals surface area (Å²) >= 11 is 5.92. The number of hydrogen-bond donors (Lipinski definition) is 2. The predicted molar refractivity (Wildman–Crippen MR) is 123 cm³/mol. The summed E-state index contributed by atoms with van der Waals surface area (Å²) in [6, 6.07) is 18.0. The first kappa shape index (κ1) is 22.7. The second-order valence-corrected chi connectivity index (χ2v) is 9.25. The van der Waals surface area contributed by atoms with E-state index in [2.05, 4.69) is 10.0 Å². The van der Waals surface area contributed by atoms with Crippen molar-refractivity contribution in [3.63, 3.8) is 0 Å². The van der Waals surface area contributed by atoms with Crippen LogP contribution in [0.4, 0.5) is 11.4 Å². The highest BCUT2D eigenvalue weighted by molar-refractivity contribution is 7.92. The van der Waals surface area contributed by atoms with E-state index in [9.17, 15) is 13.2 Å². The normalized spacial score (nSPS) is 12.1. The number of amides is 1. The first-order valence-electron chi connectivity index (χ1n) is 9.57. The third-order valence-corrected chi connectivity index (χ3v) is 6.30. The van der Waals surface area contributed by atoms with Gasteiger partial charge in [-0.05, 0) is 86.5 Å². The standard InChI is InChI=1S/C23H23ClN2O4S/c1-15-7-8-20(13-16(15)2)26-31(28,29)22-11-9-19(10-12-22)25-23(27)17(3)30-21-6-4-5-18(24)14-21/h4-14,17,26H,1-3H3,(H,25,27). The molecular weight excluding hydrogens is 436 g/mol. The number of aryl methyl sites for hydroxylation is 2. The van der Waals surface area contributed by atoms with Crippen molar-refractivity contribution in [3.8, 4) is 5.75 Å². The Bertz CT molecular complexity index is 1190. The van der Waals surface area contributed by atoms with Gasteiger partial charge in [-0.15, -0.1) is 0 Å². The van der Waals surface area contributed by atoms with E-state index in [4.69, 9.17) is 16.3 Å². The van der Waals surface area contributed by atoms with Crippen LogP contribution in [0.3, 0.4) is 0 Å². The van der Waals surface area contributed by atoms with E-state index in [0.717, 1.165) is 11.1 Å². The SMILES string of the molecule is Cc1ccc(NS(=O)(=O)c2ccc(NC(=O)C(C)Oc3cccc(Cl)c3)cc2)cc1C. The largest absolute Gasteiger partial charge is 0.481 e. The van der Waals surface area contributed by atoms with Crippen LogP contribution in [0.2, 0.25) is 5.02 Å². The Morgan fingerprint density at radius 2 is 1.61 bits per heavy atom. The van der Waals surface area contributed by atoms with E-state index < -0.39 is 16.1 Å². The summed E-state index contributed by atoms with van der Waals surface area (Å²) in [6.07, 6.45) is -0.770. The zero-order valence-electron chi connectivity index (χ0n) is 17.3. The molecule has 3 rings (SSSR count). The van der Waals surface area contributed by atoms with Gasteiger partial charge < -0.3 is 10.1 Å². The molecule has 6 nitrogen and oxygen atoms in total. The highest BCUT2D eigenvalue weighted by Gasteiger charge is 2.17. The molecule has 0 spiro atoms. The Hall–Kier alpha value is -3.03. The highest BCUT2D eigenvalue weighted by Crippen LogP contribution is 2.21. The molecule has 0 aliphatic carbocycles. The van der Waals surface area contributed by atoms with Gasteiger partial charge in [0.1, 0.15) is 5.75 Å². The van der Waals surface area contributed by atoms with Crippen molar-refractivity contribution in [2.45, 2.75) is 31.8 Å². The molecule has 8 heteroatoms. The van der Waals surface area contributed by atoms with E-state index in [1.54, 1.807) is 43.3 Å². The van der Waals surface area contributed by atoms with Crippen LogP contribution in [0.15, 0.2) is 71.6 Å². The molecule has 1 amide bonds. The highest BCUT2D eigenvalue weighted by atomic mass is 35.5. The van der Waals surface area contributed by atoms with E-state index in [1.807, 2.05) is 19.9 Å². The van der Waals surface area contributed by atoms with Gasteiger partial charge in [0.2, 0.25) is 0 Å².